The van der Waals surface area contributed by atoms with Gasteiger partial charge in [0.05, 0.1) is 29.3 Å². The first kappa shape index (κ1) is 24.9. The fraction of sp³-hybridized carbons (Fsp3) is 0.714. The van der Waals surface area contributed by atoms with E-state index in [2.05, 4.69) is 0 Å². The molecule has 0 spiro atoms. The highest BCUT2D eigenvalue weighted by Gasteiger charge is 2.70. The molecule has 9 atom stereocenters. The van der Waals surface area contributed by atoms with Gasteiger partial charge in [-0.15, -0.1) is 0 Å². The highest BCUT2D eigenvalue weighted by molar-refractivity contribution is 5.99. The molecule has 0 aromatic heterocycles. The Kier molecular flexibility index (Phi) is 5.58. The molecule has 2 fully saturated rings. The number of fused-ring (bicyclic) bond motifs is 5. The van der Waals surface area contributed by atoms with E-state index in [1.807, 2.05) is 19.9 Å². The topological polar surface area (TPSA) is 124 Å². The summed E-state index contributed by atoms with van der Waals surface area (Å²) in [6.45, 7) is 7.06. The molecule has 4 N–H and O–H groups in total. The van der Waals surface area contributed by atoms with Crippen LogP contribution in [-0.2, 0) is 14.3 Å². The second-order valence-corrected chi connectivity index (χ2v) is 12.2. The molecular formula is C28H38O7. The molecular weight excluding hydrogens is 448 g/mol. The first-order chi connectivity index (χ1) is 16.3. The second kappa shape index (κ2) is 7.85. The van der Waals surface area contributed by atoms with E-state index in [-0.39, 0.29) is 35.7 Å². The fourth-order valence-electron chi connectivity index (χ4n) is 8.70. The number of carbonyl (C=O) groups excluding carboxylic acids is 2. The number of esters is 1. The molecule has 4 aliphatic carbocycles. The minimum atomic E-state index is -1.37. The number of cyclic esters (lactones) is 1. The number of carbonyl (C=O) groups is 2. The Morgan fingerprint density at radius 3 is 2.54 bits per heavy atom. The van der Waals surface area contributed by atoms with Crippen LogP contribution in [0.15, 0.2) is 34.9 Å². The normalized spacial score (nSPS) is 46.9. The Morgan fingerprint density at radius 2 is 1.89 bits per heavy atom. The van der Waals surface area contributed by atoms with Crippen LogP contribution >= 0.6 is 0 Å². The van der Waals surface area contributed by atoms with Crippen molar-refractivity contribution in [2.75, 3.05) is 6.61 Å². The summed E-state index contributed by atoms with van der Waals surface area (Å²) in [6.07, 6.45) is 6.77. The van der Waals surface area contributed by atoms with Crippen LogP contribution in [0.2, 0.25) is 0 Å². The van der Waals surface area contributed by atoms with Gasteiger partial charge < -0.3 is 25.2 Å². The van der Waals surface area contributed by atoms with E-state index in [1.54, 1.807) is 19.9 Å². The Morgan fingerprint density at radius 1 is 1.17 bits per heavy atom. The Hall–Kier alpha value is -1.80. The maximum atomic E-state index is 13.1. The van der Waals surface area contributed by atoms with Crippen LogP contribution in [0, 0.1) is 28.6 Å². The van der Waals surface area contributed by atoms with Crippen LogP contribution in [-0.4, -0.2) is 62.2 Å². The number of hydrogen-bond donors (Lipinski definition) is 4. The van der Waals surface area contributed by atoms with Crippen LogP contribution in [0.25, 0.3) is 0 Å². The molecule has 0 bridgehead atoms. The fourth-order valence-corrected chi connectivity index (χ4v) is 8.70. The maximum absolute atomic E-state index is 13.1. The molecule has 7 heteroatoms. The molecule has 7 nitrogen and oxygen atoms in total. The van der Waals surface area contributed by atoms with Crippen molar-refractivity contribution in [3.8, 4) is 0 Å². The lowest BCUT2D eigenvalue weighted by molar-refractivity contribution is -0.214. The highest BCUT2D eigenvalue weighted by atomic mass is 16.6. The summed E-state index contributed by atoms with van der Waals surface area (Å²) in [5.41, 5.74) is -2.22. The van der Waals surface area contributed by atoms with Crippen molar-refractivity contribution in [3.05, 3.63) is 34.9 Å². The van der Waals surface area contributed by atoms with Gasteiger partial charge in [0.25, 0.3) is 0 Å². The lowest BCUT2D eigenvalue weighted by Gasteiger charge is -2.61. The van der Waals surface area contributed by atoms with E-state index < -0.39 is 40.2 Å². The molecule has 0 amide bonds. The summed E-state index contributed by atoms with van der Waals surface area (Å²) in [5.74, 6) is -1.19. The minimum absolute atomic E-state index is 0.0198. The van der Waals surface area contributed by atoms with E-state index in [9.17, 15) is 30.0 Å². The third-order valence-electron chi connectivity index (χ3n) is 10.9. The molecule has 2 saturated carbocycles. The van der Waals surface area contributed by atoms with Crippen molar-refractivity contribution in [2.24, 2.45) is 28.6 Å². The predicted octanol–water partition coefficient (Wildman–Crippen LogP) is 2.37. The van der Waals surface area contributed by atoms with Crippen LogP contribution in [0.1, 0.15) is 66.2 Å². The van der Waals surface area contributed by atoms with Crippen molar-refractivity contribution < 1.29 is 34.8 Å². The Balaban J connectivity index is 1.48. The molecule has 192 valence electrons. The number of ether oxygens (including phenoxy) is 1. The second-order valence-electron chi connectivity index (χ2n) is 12.2. The molecule has 1 aliphatic heterocycles. The van der Waals surface area contributed by atoms with Crippen molar-refractivity contribution in [1.29, 1.82) is 0 Å². The number of aliphatic hydroxyl groups excluding tert-OH is 2. The van der Waals surface area contributed by atoms with E-state index in [0.717, 1.165) is 11.1 Å². The van der Waals surface area contributed by atoms with Gasteiger partial charge in [-0.1, -0.05) is 18.6 Å². The number of allylic oxidation sites excluding steroid dienone is 2. The zero-order chi connectivity index (χ0) is 25.6. The largest absolute Gasteiger partial charge is 0.456 e. The quantitative estimate of drug-likeness (QED) is 0.357. The molecule has 5 rings (SSSR count). The summed E-state index contributed by atoms with van der Waals surface area (Å²) in [7, 11) is 0. The minimum Gasteiger partial charge on any atom is -0.456 e. The third-order valence-corrected chi connectivity index (χ3v) is 10.9. The molecule has 5 aliphatic rings. The van der Waals surface area contributed by atoms with Crippen LogP contribution in [0.3, 0.4) is 0 Å². The molecule has 0 saturated heterocycles. The van der Waals surface area contributed by atoms with E-state index in [1.165, 1.54) is 6.08 Å². The predicted molar refractivity (Wildman–Crippen MR) is 128 cm³/mol. The van der Waals surface area contributed by atoms with Crippen LogP contribution < -0.4 is 0 Å². The zero-order valence-electron chi connectivity index (χ0n) is 21.1. The van der Waals surface area contributed by atoms with Gasteiger partial charge in [0.15, 0.2) is 5.78 Å². The average Bonchev–Trinajstić information content (AvgIpc) is 3.08. The van der Waals surface area contributed by atoms with Crippen LogP contribution in [0.5, 0.6) is 0 Å². The number of hydrogen-bond acceptors (Lipinski definition) is 7. The van der Waals surface area contributed by atoms with E-state index >= 15 is 0 Å². The SMILES string of the molecule is CC1=C(CO)C(=O)OC(C(C)(O)C2CCC3(O)C4CC=C5C(O)C=CC(=O)C5(C)C4CCC23C)C1. The van der Waals surface area contributed by atoms with Gasteiger partial charge in [-0.3, -0.25) is 4.79 Å². The summed E-state index contributed by atoms with van der Waals surface area (Å²) < 4.78 is 5.64. The molecule has 9 unspecified atom stereocenters. The van der Waals surface area contributed by atoms with Crippen molar-refractivity contribution >= 4 is 11.8 Å². The van der Waals surface area contributed by atoms with E-state index in [0.29, 0.717) is 38.5 Å². The first-order valence-corrected chi connectivity index (χ1v) is 12.9. The average molecular weight is 487 g/mol. The Bertz CT molecular complexity index is 1050. The summed E-state index contributed by atoms with van der Waals surface area (Å²) in [5, 5.41) is 44.3. The standard InChI is InChI=1S/C28H38O7/c1-15-13-23(35-24(32)16(15)14-29)27(4,33)21-10-12-28(34)18-5-6-19-20(30)7-8-22(31)26(19,3)17(18)9-11-25(21,28)2/h6-8,17-18,20-21,23,29-30,33-34H,5,9-14H2,1-4H3. The highest BCUT2D eigenvalue weighted by Crippen LogP contribution is 2.69. The van der Waals surface area contributed by atoms with Gasteiger partial charge in [-0.2, -0.15) is 0 Å². The smallest absolute Gasteiger partial charge is 0.336 e. The zero-order valence-corrected chi connectivity index (χ0v) is 21.1. The summed E-state index contributed by atoms with van der Waals surface area (Å²) >= 11 is 0. The summed E-state index contributed by atoms with van der Waals surface area (Å²) in [4.78, 5) is 25.6. The van der Waals surface area contributed by atoms with Gasteiger partial charge in [-0.25, -0.2) is 4.79 Å². The van der Waals surface area contributed by atoms with Gasteiger partial charge in [0.2, 0.25) is 0 Å². The third kappa shape index (κ3) is 3.11. The van der Waals surface area contributed by atoms with Gasteiger partial charge in [0, 0.05) is 11.8 Å². The lowest BCUT2D eigenvalue weighted by Crippen LogP contribution is -2.64. The van der Waals surface area contributed by atoms with Gasteiger partial charge in [-0.05, 0) is 88.4 Å². The van der Waals surface area contributed by atoms with Crippen molar-refractivity contribution in [2.45, 2.75) is 89.6 Å². The number of ketones is 1. The Labute approximate surface area is 206 Å². The molecule has 0 aromatic carbocycles. The van der Waals surface area contributed by atoms with Crippen molar-refractivity contribution in [3.63, 3.8) is 0 Å². The van der Waals surface area contributed by atoms with Gasteiger partial charge >= 0.3 is 5.97 Å². The number of rotatable bonds is 3. The molecule has 0 radical (unpaired) electrons. The number of aliphatic hydroxyl groups is 4. The van der Waals surface area contributed by atoms with Gasteiger partial charge in [0.1, 0.15) is 11.7 Å². The van der Waals surface area contributed by atoms with Crippen LogP contribution in [0.4, 0.5) is 0 Å². The first-order valence-electron chi connectivity index (χ1n) is 12.9. The summed E-state index contributed by atoms with van der Waals surface area (Å²) in [6, 6.07) is 0. The maximum Gasteiger partial charge on any atom is 0.336 e. The van der Waals surface area contributed by atoms with E-state index in [4.69, 9.17) is 4.74 Å². The molecule has 35 heavy (non-hydrogen) atoms. The monoisotopic (exact) mass is 486 g/mol. The molecule has 1 heterocycles. The molecule has 0 aromatic rings. The lowest BCUT2D eigenvalue weighted by atomic mass is 9.45. The van der Waals surface area contributed by atoms with Crippen molar-refractivity contribution in [1.82, 2.24) is 0 Å².